The van der Waals surface area contributed by atoms with Crippen molar-refractivity contribution in [2.24, 2.45) is 0 Å². The number of aryl methyl sites for hydroxylation is 1. The van der Waals surface area contributed by atoms with Crippen LogP contribution in [0.15, 0.2) is 24.3 Å². The molecule has 0 aliphatic carbocycles. The highest BCUT2D eigenvalue weighted by atomic mass is 32.2. The van der Waals surface area contributed by atoms with Gasteiger partial charge in [-0.3, -0.25) is 0 Å². The summed E-state index contributed by atoms with van der Waals surface area (Å²) in [7, 11) is 0. The zero-order chi connectivity index (χ0) is 13.1. The van der Waals surface area contributed by atoms with Gasteiger partial charge in [0.15, 0.2) is 0 Å². The lowest BCUT2D eigenvalue weighted by Crippen LogP contribution is -2.47. The number of hydrogen-bond acceptors (Lipinski definition) is 3. The monoisotopic (exact) mass is 277 g/mol. The first kappa shape index (κ1) is 13.5. The van der Waals surface area contributed by atoms with Crippen molar-refractivity contribution in [2.45, 2.75) is 44.4 Å². The lowest BCUT2D eigenvalue weighted by molar-refractivity contribution is -0.0703. The molecule has 1 N–H and O–H groups in total. The van der Waals surface area contributed by atoms with Crippen LogP contribution in [0.4, 0.5) is 0 Å². The number of hydrogen-bond donors (Lipinski definition) is 1. The van der Waals surface area contributed by atoms with Gasteiger partial charge in [0.2, 0.25) is 0 Å². The van der Waals surface area contributed by atoms with Gasteiger partial charge in [0.25, 0.3) is 0 Å². The molecule has 0 saturated carbocycles. The van der Waals surface area contributed by atoms with E-state index in [9.17, 15) is 0 Å². The molecule has 0 amide bonds. The van der Waals surface area contributed by atoms with Gasteiger partial charge in [-0.05, 0) is 37.5 Å². The Morgan fingerprint density at radius 2 is 2.21 bits per heavy atom. The Hall–Kier alpha value is -0.510. The Bertz CT molecular complexity index is 411. The fourth-order valence-corrected chi connectivity index (χ4v) is 4.41. The van der Waals surface area contributed by atoms with Gasteiger partial charge in [-0.15, -0.1) is 0 Å². The van der Waals surface area contributed by atoms with E-state index < -0.39 is 0 Å². The van der Waals surface area contributed by atoms with Crippen LogP contribution in [0.1, 0.15) is 30.4 Å². The normalized spacial score (nSPS) is 30.9. The van der Waals surface area contributed by atoms with Crippen molar-refractivity contribution in [3.05, 3.63) is 35.4 Å². The van der Waals surface area contributed by atoms with Crippen LogP contribution >= 0.6 is 11.8 Å². The summed E-state index contributed by atoms with van der Waals surface area (Å²) in [6.45, 7) is 4.04. The minimum Gasteiger partial charge on any atom is -0.374 e. The first-order chi connectivity index (χ1) is 9.26. The van der Waals surface area contributed by atoms with E-state index >= 15 is 0 Å². The quantitative estimate of drug-likeness (QED) is 0.917. The van der Waals surface area contributed by atoms with E-state index in [-0.39, 0.29) is 5.60 Å². The van der Waals surface area contributed by atoms with Crippen LogP contribution in [0.2, 0.25) is 0 Å². The molecule has 0 bridgehead atoms. The van der Waals surface area contributed by atoms with Crippen molar-refractivity contribution in [3.63, 3.8) is 0 Å². The highest BCUT2D eigenvalue weighted by Crippen LogP contribution is 2.38. The summed E-state index contributed by atoms with van der Waals surface area (Å²) in [4.78, 5) is 0. The second-order valence-corrected chi connectivity index (χ2v) is 7.00. The summed E-state index contributed by atoms with van der Waals surface area (Å²) in [5, 5.41) is 3.72. The number of thioether (sulfide) groups is 1. The first-order valence-corrected chi connectivity index (χ1v) is 8.42. The SMILES string of the molecule is Cc1ccc(CNC2CCOC3(CCSC3)C2)cc1. The molecule has 104 valence electrons. The summed E-state index contributed by atoms with van der Waals surface area (Å²) in [6, 6.07) is 9.45. The maximum absolute atomic E-state index is 6.06. The first-order valence-electron chi connectivity index (χ1n) is 7.26. The van der Waals surface area contributed by atoms with E-state index in [4.69, 9.17) is 4.74 Å². The average Bonchev–Trinajstić information content (AvgIpc) is 2.86. The topological polar surface area (TPSA) is 21.3 Å². The lowest BCUT2D eigenvalue weighted by Gasteiger charge is -2.38. The van der Waals surface area contributed by atoms with Crippen molar-refractivity contribution in [1.82, 2.24) is 5.32 Å². The summed E-state index contributed by atoms with van der Waals surface area (Å²) >= 11 is 2.04. The number of ether oxygens (including phenoxy) is 1. The molecule has 2 atom stereocenters. The highest BCUT2D eigenvalue weighted by molar-refractivity contribution is 7.99. The summed E-state index contributed by atoms with van der Waals surface area (Å²) in [6.07, 6.45) is 3.57. The molecule has 0 aromatic heterocycles. The molecule has 19 heavy (non-hydrogen) atoms. The van der Waals surface area contributed by atoms with Gasteiger partial charge < -0.3 is 10.1 Å². The van der Waals surface area contributed by atoms with Crippen molar-refractivity contribution in [3.8, 4) is 0 Å². The van der Waals surface area contributed by atoms with E-state index in [1.165, 1.54) is 35.5 Å². The average molecular weight is 277 g/mol. The van der Waals surface area contributed by atoms with Crippen LogP contribution < -0.4 is 5.32 Å². The number of nitrogens with one attached hydrogen (secondary N) is 1. The second-order valence-electron chi connectivity index (χ2n) is 5.89. The summed E-state index contributed by atoms with van der Waals surface area (Å²) in [5.74, 6) is 2.46. The van der Waals surface area contributed by atoms with Gasteiger partial charge in [-0.2, -0.15) is 11.8 Å². The molecule has 2 aliphatic rings. The van der Waals surface area contributed by atoms with Crippen molar-refractivity contribution < 1.29 is 4.74 Å². The fraction of sp³-hybridized carbons (Fsp3) is 0.625. The highest BCUT2D eigenvalue weighted by Gasteiger charge is 2.40. The third-order valence-electron chi connectivity index (χ3n) is 4.28. The van der Waals surface area contributed by atoms with Crippen LogP contribution in [0, 0.1) is 6.92 Å². The zero-order valence-electron chi connectivity index (χ0n) is 11.7. The molecule has 2 heterocycles. The van der Waals surface area contributed by atoms with Gasteiger partial charge in [-0.25, -0.2) is 0 Å². The minimum atomic E-state index is 0.188. The molecule has 2 fully saturated rings. The van der Waals surface area contributed by atoms with Gasteiger partial charge >= 0.3 is 0 Å². The Labute approximate surface area is 120 Å². The molecule has 1 spiro atoms. The van der Waals surface area contributed by atoms with Gasteiger partial charge in [0.1, 0.15) is 0 Å². The van der Waals surface area contributed by atoms with Crippen LogP contribution in [-0.2, 0) is 11.3 Å². The largest absolute Gasteiger partial charge is 0.374 e. The number of benzene rings is 1. The Morgan fingerprint density at radius 1 is 1.37 bits per heavy atom. The van der Waals surface area contributed by atoms with Crippen molar-refractivity contribution in [1.29, 1.82) is 0 Å². The van der Waals surface area contributed by atoms with Crippen LogP contribution in [0.25, 0.3) is 0 Å². The van der Waals surface area contributed by atoms with E-state index in [2.05, 4.69) is 36.5 Å². The van der Waals surface area contributed by atoms with Crippen LogP contribution in [0.5, 0.6) is 0 Å². The molecule has 1 aromatic rings. The van der Waals surface area contributed by atoms with Crippen molar-refractivity contribution in [2.75, 3.05) is 18.1 Å². The van der Waals surface area contributed by atoms with E-state index in [1.54, 1.807) is 0 Å². The van der Waals surface area contributed by atoms with E-state index in [0.717, 1.165) is 19.6 Å². The smallest absolute Gasteiger partial charge is 0.0795 e. The van der Waals surface area contributed by atoms with Crippen molar-refractivity contribution >= 4 is 11.8 Å². The standard InChI is InChI=1S/C16H23NOS/c1-13-2-4-14(5-3-13)11-17-15-6-8-18-16(10-15)7-9-19-12-16/h2-5,15,17H,6-12H2,1H3. The Balaban J connectivity index is 1.53. The second kappa shape index (κ2) is 5.86. The maximum Gasteiger partial charge on any atom is 0.0795 e. The third-order valence-corrected chi connectivity index (χ3v) is 5.50. The molecule has 3 heteroatoms. The number of rotatable bonds is 3. The maximum atomic E-state index is 6.06. The van der Waals surface area contributed by atoms with E-state index in [1.807, 2.05) is 11.8 Å². The molecule has 2 nitrogen and oxygen atoms in total. The molecule has 3 rings (SSSR count). The van der Waals surface area contributed by atoms with Gasteiger partial charge in [-0.1, -0.05) is 29.8 Å². The predicted octanol–water partition coefficient (Wildman–Crippen LogP) is 3.14. The Kier molecular flexibility index (Phi) is 4.15. The molecule has 1 aromatic carbocycles. The Morgan fingerprint density at radius 3 is 2.95 bits per heavy atom. The molecule has 2 saturated heterocycles. The summed E-state index contributed by atoms with van der Waals surface area (Å²) in [5.41, 5.74) is 2.90. The van der Waals surface area contributed by atoms with Crippen LogP contribution in [-0.4, -0.2) is 29.8 Å². The molecule has 2 unspecified atom stereocenters. The van der Waals surface area contributed by atoms with Gasteiger partial charge in [0, 0.05) is 24.9 Å². The lowest BCUT2D eigenvalue weighted by atomic mass is 9.90. The third kappa shape index (κ3) is 3.33. The van der Waals surface area contributed by atoms with Gasteiger partial charge in [0.05, 0.1) is 5.60 Å². The molecular weight excluding hydrogens is 254 g/mol. The molecular formula is C16H23NOS. The predicted molar refractivity (Wildman–Crippen MR) is 81.7 cm³/mol. The summed E-state index contributed by atoms with van der Waals surface area (Å²) < 4.78 is 6.06. The molecule has 2 aliphatic heterocycles. The van der Waals surface area contributed by atoms with Crippen LogP contribution in [0.3, 0.4) is 0 Å². The minimum absolute atomic E-state index is 0.188. The zero-order valence-corrected chi connectivity index (χ0v) is 12.5. The fourth-order valence-electron chi connectivity index (χ4n) is 3.03. The molecule has 0 radical (unpaired) electrons. The van der Waals surface area contributed by atoms with E-state index in [0.29, 0.717) is 6.04 Å².